The Morgan fingerprint density at radius 2 is 2.17 bits per heavy atom. The Labute approximate surface area is 137 Å². The predicted molar refractivity (Wildman–Crippen MR) is 89.3 cm³/mol. The summed E-state index contributed by atoms with van der Waals surface area (Å²) in [6, 6.07) is 8.78. The number of carbonyl (C=O) groups excluding carboxylic acids is 1. The lowest BCUT2D eigenvalue weighted by molar-refractivity contribution is 0.174. The van der Waals surface area contributed by atoms with E-state index in [1.165, 1.54) is 43.2 Å². The van der Waals surface area contributed by atoms with Crippen LogP contribution in [0.15, 0.2) is 24.3 Å². The van der Waals surface area contributed by atoms with Gasteiger partial charge in [-0.15, -0.1) is 0 Å². The molecule has 4 heteroatoms. The number of carbonyl (C=O) groups is 1. The number of hydrogen-bond donors (Lipinski definition) is 2. The average Bonchev–Trinajstić information content (AvgIpc) is 3.46. The molecule has 124 valence electrons. The molecule has 0 heterocycles. The number of benzene rings is 1. The van der Waals surface area contributed by atoms with Crippen LogP contribution in [-0.4, -0.2) is 42.3 Å². The number of nitrogens with zero attached hydrogens (tertiary/aromatic N) is 1. The van der Waals surface area contributed by atoms with E-state index in [4.69, 9.17) is 5.11 Å². The molecule has 3 aliphatic rings. The number of fused-ring (bicyclic) bond motifs is 2. The van der Waals surface area contributed by atoms with Crippen molar-refractivity contribution >= 4 is 6.03 Å². The first-order chi connectivity index (χ1) is 11.2. The molecule has 2 fully saturated rings. The van der Waals surface area contributed by atoms with E-state index in [-0.39, 0.29) is 12.6 Å². The van der Waals surface area contributed by atoms with E-state index in [1.807, 2.05) is 0 Å². The van der Waals surface area contributed by atoms with Crippen molar-refractivity contribution in [3.05, 3.63) is 35.4 Å². The lowest BCUT2D eigenvalue weighted by Gasteiger charge is -2.22. The van der Waals surface area contributed by atoms with Crippen molar-refractivity contribution in [1.29, 1.82) is 0 Å². The summed E-state index contributed by atoms with van der Waals surface area (Å²) in [5, 5.41) is 12.3. The molecule has 4 nitrogen and oxygen atoms in total. The van der Waals surface area contributed by atoms with Crippen molar-refractivity contribution in [1.82, 2.24) is 10.2 Å². The molecule has 0 saturated heterocycles. The Morgan fingerprint density at radius 1 is 1.35 bits per heavy atom. The molecule has 2 saturated carbocycles. The SMILES string of the molecule is O=C(NC[C@@H]1C[C@@]12CCc1ccccc12)N(CCO)CC1CC1. The van der Waals surface area contributed by atoms with Crippen molar-refractivity contribution < 1.29 is 9.90 Å². The van der Waals surface area contributed by atoms with Crippen molar-refractivity contribution in [2.75, 3.05) is 26.2 Å². The first kappa shape index (κ1) is 15.0. The van der Waals surface area contributed by atoms with Crippen LogP contribution >= 0.6 is 0 Å². The molecule has 1 aromatic carbocycles. The van der Waals surface area contributed by atoms with Gasteiger partial charge in [-0.2, -0.15) is 0 Å². The highest BCUT2D eigenvalue weighted by molar-refractivity contribution is 5.74. The Kier molecular flexibility index (Phi) is 3.80. The molecule has 0 aliphatic heterocycles. The van der Waals surface area contributed by atoms with Crippen LogP contribution in [0.5, 0.6) is 0 Å². The molecule has 0 radical (unpaired) electrons. The number of urea groups is 1. The molecule has 1 spiro atoms. The minimum Gasteiger partial charge on any atom is -0.395 e. The third-order valence-electron chi connectivity index (χ3n) is 5.96. The van der Waals surface area contributed by atoms with Crippen LogP contribution < -0.4 is 5.32 Å². The molecule has 0 bridgehead atoms. The summed E-state index contributed by atoms with van der Waals surface area (Å²) in [6.45, 7) is 2.05. The fourth-order valence-electron chi connectivity index (χ4n) is 4.33. The first-order valence-electron chi connectivity index (χ1n) is 8.95. The fraction of sp³-hybridized carbons (Fsp3) is 0.632. The molecular formula is C19H26N2O2. The third-order valence-corrected chi connectivity index (χ3v) is 5.96. The van der Waals surface area contributed by atoms with Crippen molar-refractivity contribution in [3.8, 4) is 0 Å². The normalized spacial score (nSPS) is 27.8. The van der Waals surface area contributed by atoms with E-state index in [9.17, 15) is 4.79 Å². The van der Waals surface area contributed by atoms with Gasteiger partial charge in [0.2, 0.25) is 0 Å². The minimum atomic E-state index is -0.000665. The number of amides is 2. The van der Waals surface area contributed by atoms with Crippen molar-refractivity contribution in [3.63, 3.8) is 0 Å². The molecule has 1 aromatic rings. The van der Waals surface area contributed by atoms with Crippen molar-refractivity contribution in [2.24, 2.45) is 11.8 Å². The van der Waals surface area contributed by atoms with Gasteiger partial charge in [0.15, 0.2) is 0 Å². The third kappa shape index (κ3) is 2.85. The van der Waals surface area contributed by atoms with Gasteiger partial charge >= 0.3 is 6.03 Å². The maximum atomic E-state index is 12.4. The zero-order valence-electron chi connectivity index (χ0n) is 13.6. The van der Waals surface area contributed by atoms with Gasteiger partial charge in [0.05, 0.1) is 6.61 Å². The topological polar surface area (TPSA) is 52.6 Å². The number of aryl methyl sites for hydroxylation is 1. The highest BCUT2D eigenvalue weighted by atomic mass is 16.3. The number of hydrogen-bond acceptors (Lipinski definition) is 2. The van der Waals surface area contributed by atoms with Crippen molar-refractivity contribution in [2.45, 2.75) is 37.5 Å². The Hall–Kier alpha value is -1.55. The van der Waals surface area contributed by atoms with E-state index in [2.05, 4.69) is 29.6 Å². The summed E-state index contributed by atoms with van der Waals surface area (Å²) in [5.74, 6) is 1.23. The van der Waals surface area contributed by atoms with E-state index < -0.39 is 0 Å². The first-order valence-corrected chi connectivity index (χ1v) is 8.95. The number of aliphatic hydroxyl groups is 1. The summed E-state index contributed by atoms with van der Waals surface area (Å²) in [4.78, 5) is 14.2. The molecule has 0 aromatic heterocycles. The number of rotatable bonds is 6. The zero-order valence-corrected chi connectivity index (χ0v) is 13.6. The molecule has 23 heavy (non-hydrogen) atoms. The number of aliphatic hydroxyl groups excluding tert-OH is 1. The number of nitrogens with one attached hydrogen (secondary N) is 1. The molecular weight excluding hydrogens is 288 g/mol. The molecule has 4 rings (SSSR count). The van der Waals surface area contributed by atoms with Gasteiger partial charge in [-0.1, -0.05) is 24.3 Å². The molecule has 0 unspecified atom stereocenters. The van der Waals surface area contributed by atoms with Gasteiger partial charge in [-0.05, 0) is 55.1 Å². The Morgan fingerprint density at radius 3 is 2.96 bits per heavy atom. The van der Waals surface area contributed by atoms with Crippen LogP contribution in [-0.2, 0) is 11.8 Å². The Bertz CT molecular complexity index is 599. The Balaban J connectivity index is 1.33. The molecule has 2 N–H and O–H groups in total. The minimum absolute atomic E-state index is 0.000665. The molecule has 3 aliphatic carbocycles. The van der Waals surface area contributed by atoms with Crippen LogP contribution in [0.4, 0.5) is 4.79 Å². The second-order valence-corrected chi connectivity index (χ2v) is 7.51. The summed E-state index contributed by atoms with van der Waals surface area (Å²) in [6.07, 6.45) is 6.05. The van der Waals surface area contributed by atoms with Gasteiger partial charge in [0.1, 0.15) is 0 Å². The lowest BCUT2D eigenvalue weighted by Crippen LogP contribution is -2.43. The monoisotopic (exact) mass is 314 g/mol. The fourth-order valence-corrected chi connectivity index (χ4v) is 4.33. The maximum Gasteiger partial charge on any atom is 0.317 e. The summed E-state index contributed by atoms with van der Waals surface area (Å²) in [5.41, 5.74) is 3.35. The van der Waals surface area contributed by atoms with Crippen LogP contribution in [0.25, 0.3) is 0 Å². The summed E-state index contributed by atoms with van der Waals surface area (Å²) < 4.78 is 0. The van der Waals surface area contributed by atoms with E-state index in [1.54, 1.807) is 4.90 Å². The van der Waals surface area contributed by atoms with E-state index in [0.29, 0.717) is 23.8 Å². The van der Waals surface area contributed by atoms with Gasteiger partial charge in [0.25, 0.3) is 0 Å². The lowest BCUT2D eigenvalue weighted by atomic mass is 9.95. The van der Waals surface area contributed by atoms with Crippen LogP contribution in [0, 0.1) is 11.8 Å². The van der Waals surface area contributed by atoms with Crippen LogP contribution in [0.1, 0.15) is 36.8 Å². The summed E-state index contributed by atoms with van der Waals surface area (Å²) in [7, 11) is 0. The molecule has 2 atom stereocenters. The van der Waals surface area contributed by atoms with Gasteiger partial charge in [-0.3, -0.25) is 0 Å². The van der Waals surface area contributed by atoms with E-state index >= 15 is 0 Å². The quantitative estimate of drug-likeness (QED) is 0.846. The standard InChI is InChI=1S/C19H26N2O2/c22-10-9-21(13-14-5-6-14)18(23)20-12-16-11-19(16)8-7-15-3-1-2-4-17(15)19/h1-4,14,16,22H,5-13H2,(H,20,23)/t16-,19-/m0/s1. The second kappa shape index (κ2) is 5.82. The summed E-state index contributed by atoms with van der Waals surface area (Å²) >= 11 is 0. The maximum absolute atomic E-state index is 12.4. The van der Waals surface area contributed by atoms with Gasteiger partial charge in [0, 0.05) is 25.0 Å². The average molecular weight is 314 g/mol. The van der Waals surface area contributed by atoms with Gasteiger partial charge < -0.3 is 15.3 Å². The predicted octanol–water partition coefficient (Wildman–Crippen LogP) is 2.30. The smallest absolute Gasteiger partial charge is 0.317 e. The largest absolute Gasteiger partial charge is 0.395 e. The highest BCUT2D eigenvalue weighted by Crippen LogP contribution is 2.61. The van der Waals surface area contributed by atoms with Crippen LogP contribution in [0.2, 0.25) is 0 Å². The zero-order chi connectivity index (χ0) is 15.9. The molecule has 2 amide bonds. The second-order valence-electron chi connectivity index (χ2n) is 7.51. The van der Waals surface area contributed by atoms with Gasteiger partial charge in [-0.25, -0.2) is 4.79 Å². The highest BCUT2D eigenvalue weighted by Gasteiger charge is 2.57. The van der Waals surface area contributed by atoms with E-state index in [0.717, 1.165) is 13.1 Å². The van der Waals surface area contributed by atoms with Crippen LogP contribution in [0.3, 0.4) is 0 Å².